The van der Waals surface area contributed by atoms with Crippen LogP contribution >= 0.6 is 15.9 Å². The second kappa shape index (κ2) is 2.77. The molecule has 11 heavy (non-hydrogen) atoms. The fourth-order valence-corrected chi connectivity index (χ4v) is 2.06. The molecule has 0 aromatic heterocycles. The molecular formula is C8H12BrNO. The van der Waals surface area contributed by atoms with E-state index in [9.17, 15) is 4.79 Å². The molecule has 2 rings (SSSR count). The van der Waals surface area contributed by atoms with E-state index in [4.69, 9.17) is 0 Å². The molecule has 1 saturated carbocycles. The highest BCUT2D eigenvalue weighted by molar-refractivity contribution is 9.09. The van der Waals surface area contributed by atoms with Crippen LogP contribution in [0.2, 0.25) is 0 Å². The molecule has 1 aliphatic carbocycles. The average Bonchev–Trinajstić information content (AvgIpc) is 2.74. The average molecular weight is 218 g/mol. The molecule has 1 amide bonds. The van der Waals surface area contributed by atoms with Gasteiger partial charge in [0, 0.05) is 23.8 Å². The molecule has 0 unspecified atom stereocenters. The van der Waals surface area contributed by atoms with E-state index in [1.807, 2.05) is 4.90 Å². The minimum atomic E-state index is 0.395. The zero-order chi connectivity index (χ0) is 7.84. The lowest BCUT2D eigenvalue weighted by atomic mass is 10.3. The minimum absolute atomic E-state index is 0.395. The van der Waals surface area contributed by atoms with Crippen LogP contribution in [0.1, 0.15) is 19.3 Å². The molecule has 0 aromatic carbocycles. The van der Waals surface area contributed by atoms with Crippen molar-refractivity contribution in [1.82, 2.24) is 4.90 Å². The third-order valence-electron chi connectivity index (χ3n) is 2.37. The van der Waals surface area contributed by atoms with Crippen molar-refractivity contribution < 1.29 is 4.79 Å². The summed E-state index contributed by atoms with van der Waals surface area (Å²) in [4.78, 5) is 14.0. The second-order valence-electron chi connectivity index (χ2n) is 3.44. The molecule has 0 radical (unpaired) electrons. The number of rotatable bonds is 1. The normalized spacial score (nSPS) is 31.0. The Morgan fingerprint density at radius 1 is 1.36 bits per heavy atom. The highest BCUT2D eigenvalue weighted by Crippen LogP contribution is 2.32. The highest BCUT2D eigenvalue weighted by Gasteiger charge is 2.35. The molecule has 62 valence electrons. The number of likely N-dealkylation sites (tertiary alicyclic amines) is 1. The van der Waals surface area contributed by atoms with E-state index in [-0.39, 0.29) is 0 Å². The molecule has 1 heterocycles. The van der Waals surface area contributed by atoms with Gasteiger partial charge in [-0.25, -0.2) is 0 Å². The summed E-state index contributed by atoms with van der Waals surface area (Å²) in [5, 5.41) is 0. The van der Waals surface area contributed by atoms with Crippen molar-refractivity contribution in [2.24, 2.45) is 5.92 Å². The molecule has 2 fully saturated rings. The summed E-state index contributed by atoms with van der Waals surface area (Å²) in [7, 11) is 0. The standard InChI is InChI=1S/C8H12BrNO/c9-7-3-4-10(5-7)8(11)6-1-2-6/h6-7H,1-5H2/t7-/m0/s1. The maximum atomic E-state index is 11.5. The fourth-order valence-electron chi connectivity index (χ4n) is 1.51. The molecule has 0 aromatic rings. The summed E-state index contributed by atoms with van der Waals surface area (Å²) in [6.07, 6.45) is 3.38. The van der Waals surface area contributed by atoms with E-state index in [1.54, 1.807) is 0 Å². The van der Waals surface area contributed by atoms with Crippen molar-refractivity contribution in [3.05, 3.63) is 0 Å². The van der Waals surface area contributed by atoms with Crippen LogP contribution in [0.3, 0.4) is 0 Å². The van der Waals surface area contributed by atoms with Gasteiger partial charge < -0.3 is 4.90 Å². The summed E-state index contributed by atoms with van der Waals surface area (Å²) in [6, 6.07) is 0. The molecule has 0 spiro atoms. The fraction of sp³-hybridized carbons (Fsp3) is 0.875. The van der Waals surface area contributed by atoms with Gasteiger partial charge in [0.1, 0.15) is 0 Å². The van der Waals surface area contributed by atoms with Crippen molar-refractivity contribution >= 4 is 21.8 Å². The molecule has 0 N–H and O–H groups in total. The number of carbonyl (C=O) groups excluding carboxylic acids is 1. The minimum Gasteiger partial charge on any atom is -0.341 e. The summed E-state index contributed by atoms with van der Waals surface area (Å²) < 4.78 is 0. The van der Waals surface area contributed by atoms with Gasteiger partial charge in [-0.3, -0.25) is 4.79 Å². The maximum Gasteiger partial charge on any atom is 0.225 e. The van der Waals surface area contributed by atoms with Gasteiger partial charge in [0.2, 0.25) is 5.91 Å². The Morgan fingerprint density at radius 3 is 2.55 bits per heavy atom. The topological polar surface area (TPSA) is 20.3 Å². The van der Waals surface area contributed by atoms with E-state index >= 15 is 0 Å². The van der Waals surface area contributed by atoms with Gasteiger partial charge in [0.15, 0.2) is 0 Å². The Labute approximate surface area is 75.1 Å². The third-order valence-corrected chi connectivity index (χ3v) is 3.12. The van der Waals surface area contributed by atoms with Gasteiger partial charge in [-0.05, 0) is 19.3 Å². The van der Waals surface area contributed by atoms with E-state index in [2.05, 4.69) is 15.9 Å². The molecule has 1 aliphatic heterocycles. The Kier molecular flexibility index (Phi) is 1.91. The smallest absolute Gasteiger partial charge is 0.225 e. The van der Waals surface area contributed by atoms with Crippen LogP contribution in [0.5, 0.6) is 0 Å². The van der Waals surface area contributed by atoms with Crippen molar-refractivity contribution in [3.8, 4) is 0 Å². The van der Waals surface area contributed by atoms with Gasteiger partial charge in [-0.1, -0.05) is 15.9 Å². The number of carbonyl (C=O) groups is 1. The largest absolute Gasteiger partial charge is 0.341 e. The van der Waals surface area contributed by atoms with Crippen LogP contribution in [0.25, 0.3) is 0 Å². The maximum absolute atomic E-state index is 11.5. The zero-order valence-corrected chi connectivity index (χ0v) is 8.01. The number of halogens is 1. The lowest BCUT2D eigenvalue weighted by molar-refractivity contribution is -0.131. The number of amides is 1. The summed E-state index contributed by atoms with van der Waals surface area (Å²) in [6.45, 7) is 1.89. The first-order valence-electron chi connectivity index (χ1n) is 4.20. The predicted octanol–water partition coefficient (Wildman–Crippen LogP) is 1.39. The van der Waals surface area contributed by atoms with Crippen LogP contribution < -0.4 is 0 Å². The van der Waals surface area contributed by atoms with Crippen LogP contribution in [0, 0.1) is 5.92 Å². The number of alkyl halides is 1. The first-order chi connectivity index (χ1) is 5.27. The molecule has 1 saturated heterocycles. The summed E-state index contributed by atoms with van der Waals surface area (Å²) in [5.41, 5.74) is 0. The summed E-state index contributed by atoms with van der Waals surface area (Å²) in [5.74, 6) is 0.791. The van der Waals surface area contributed by atoms with Crippen LogP contribution in [0.4, 0.5) is 0 Å². The van der Waals surface area contributed by atoms with Crippen molar-refractivity contribution in [1.29, 1.82) is 0 Å². The lowest BCUT2D eigenvalue weighted by Gasteiger charge is -2.14. The van der Waals surface area contributed by atoms with Gasteiger partial charge in [-0.2, -0.15) is 0 Å². The Hall–Kier alpha value is -0.0500. The van der Waals surface area contributed by atoms with Crippen LogP contribution in [-0.2, 0) is 4.79 Å². The Balaban J connectivity index is 1.89. The monoisotopic (exact) mass is 217 g/mol. The number of hydrogen-bond donors (Lipinski definition) is 0. The first kappa shape index (κ1) is 7.59. The SMILES string of the molecule is O=C(C1CC1)N1CC[C@H](Br)C1. The second-order valence-corrected chi connectivity index (χ2v) is 4.74. The van der Waals surface area contributed by atoms with Gasteiger partial charge in [-0.15, -0.1) is 0 Å². The van der Waals surface area contributed by atoms with Crippen molar-refractivity contribution in [3.63, 3.8) is 0 Å². The van der Waals surface area contributed by atoms with E-state index in [1.165, 1.54) is 0 Å². The van der Waals surface area contributed by atoms with Crippen molar-refractivity contribution in [2.45, 2.75) is 24.1 Å². The zero-order valence-electron chi connectivity index (χ0n) is 6.42. The molecular weight excluding hydrogens is 206 g/mol. The van der Waals surface area contributed by atoms with E-state index < -0.39 is 0 Å². The van der Waals surface area contributed by atoms with Gasteiger partial charge in [0.25, 0.3) is 0 Å². The Bertz CT molecular complexity index is 179. The number of hydrogen-bond acceptors (Lipinski definition) is 1. The molecule has 3 heteroatoms. The molecule has 0 bridgehead atoms. The van der Waals surface area contributed by atoms with Crippen LogP contribution in [-0.4, -0.2) is 28.7 Å². The van der Waals surface area contributed by atoms with Crippen molar-refractivity contribution in [2.75, 3.05) is 13.1 Å². The first-order valence-corrected chi connectivity index (χ1v) is 5.12. The van der Waals surface area contributed by atoms with E-state index in [0.717, 1.165) is 32.4 Å². The number of nitrogens with zero attached hydrogens (tertiary/aromatic N) is 1. The Morgan fingerprint density at radius 2 is 2.09 bits per heavy atom. The lowest BCUT2D eigenvalue weighted by Crippen LogP contribution is -2.29. The molecule has 1 atom stereocenters. The highest BCUT2D eigenvalue weighted by atomic mass is 79.9. The van der Waals surface area contributed by atoms with E-state index in [0.29, 0.717) is 16.7 Å². The predicted molar refractivity (Wildman–Crippen MR) is 46.6 cm³/mol. The molecule has 2 aliphatic rings. The van der Waals surface area contributed by atoms with Gasteiger partial charge >= 0.3 is 0 Å². The molecule has 2 nitrogen and oxygen atoms in total. The van der Waals surface area contributed by atoms with Crippen LogP contribution in [0.15, 0.2) is 0 Å². The van der Waals surface area contributed by atoms with Gasteiger partial charge in [0.05, 0.1) is 0 Å². The summed E-state index contributed by atoms with van der Waals surface area (Å²) >= 11 is 3.52. The quantitative estimate of drug-likeness (QED) is 0.609. The third kappa shape index (κ3) is 1.58.